The van der Waals surface area contributed by atoms with Crippen LogP contribution in [0.4, 0.5) is 0 Å². The molecule has 0 spiro atoms. The van der Waals surface area contributed by atoms with Gasteiger partial charge in [-0.25, -0.2) is 0 Å². The first-order chi connectivity index (χ1) is 6.18. The molecule has 1 unspecified atom stereocenters. The number of piperazine rings is 1. The maximum absolute atomic E-state index is 9.81. The summed E-state index contributed by atoms with van der Waals surface area (Å²) in [7, 11) is 0. The minimum atomic E-state index is -0.928. The third-order valence-corrected chi connectivity index (χ3v) is 1.71. The molecule has 1 aliphatic heterocycles. The molecule has 1 saturated heterocycles. The van der Waals surface area contributed by atoms with E-state index in [0.717, 1.165) is 26.2 Å². The van der Waals surface area contributed by atoms with Crippen molar-refractivity contribution >= 4 is 5.97 Å². The van der Waals surface area contributed by atoms with E-state index in [4.69, 9.17) is 10.8 Å². The highest BCUT2D eigenvalue weighted by Crippen LogP contribution is 1.82. The number of carbonyl (C=O) groups is 1. The van der Waals surface area contributed by atoms with Crippen molar-refractivity contribution in [1.29, 1.82) is 0 Å². The van der Waals surface area contributed by atoms with Gasteiger partial charge in [0.1, 0.15) is 6.04 Å². The van der Waals surface area contributed by atoms with Gasteiger partial charge in [-0.15, -0.1) is 0 Å². The molecule has 0 aromatic heterocycles. The first-order valence-corrected chi connectivity index (χ1v) is 4.58. The summed E-state index contributed by atoms with van der Waals surface area (Å²) in [5.74, 6) is -0.928. The van der Waals surface area contributed by atoms with Crippen LogP contribution in [0, 0.1) is 0 Å². The standard InChI is InChI=1S/C4H10N2.C4H9NO2/c1-2-6-4-3-5-1;1-2-3(5)4(6)7/h5-6H,1-4H2;3H,2,5H2,1H3,(H,6,7). The van der Waals surface area contributed by atoms with Crippen LogP contribution < -0.4 is 16.4 Å². The van der Waals surface area contributed by atoms with Crippen LogP contribution in [0.5, 0.6) is 0 Å². The molecule has 0 bridgehead atoms. The van der Waals surface area contributed by atoms with Crippen LogP contribution in [0.2, 0.25) is 0 Å². The summed E-state index contributed by atoms with van der Waals surface area (Å²) in [5, 5.41) is 14.5. The molecule has 0 aliphatic carbocycles. The SMILES string of the molecule is C1CNCCN1.CCC(N)C(=O)O. The zero-order chi connectivity index (χ0) is 10.1. The Bertz CT molecular complexity index is 126. The number of nitrogens with two attached hydrogens (primary N) is 1. The fourth-order valence-corrected chi connectivity index (χ4v) is 0.778. The predicted octanol–water partition coefficient (Wildman–Crippen LogP) is -1.01. The summed E-state index contributed by atoms with van der Waals surface area (Å²) in [6.45, 7) is 6.29. The molecule has 13 heavy (non-hydrogen) atoms. The predicted molar refractivity (Wildman–Crippen MR) is 51.6 cm³/mol. The minimum absolute atomic E-state index is 0.495. The highest BCUT2D eigenvalue weighted by Gasteiger charge is 2.05. The Morgan fingerprint density at radius 1 is 1.38 bits per heavy atom. The number of rotatable bonds is 2. The Balaban J connectivity index is 0.000000223. The zero-order valence-corrected chi connectivity index (χ0v) is 8.05. The van der Waals surface area contributed by atoms with Crippen molar-refractivity contribution in [3.05, 3.63) is 0 Å². The third kappa shape index (κ3) is 7.70. The van der Waals surface area contributed by atoms with E-state index in [9.17, 15) is 4.79 Å². The van der Waals surface area contributed by atoms with Crippen molar-refractivity contribution in [1.82, 2.24) is 10.6 Å². The van der Waals surface area contributed by atoms with Gasteiger partial charge in [-0.1, -0.05) is 6.92 Å². The summed E-state index contributed by atoms with van der Waals surface area (Å²) in [4.78, 5) is 9.81. The number of hydrogen-bond donors (Lipinski definition) is 4. The quantitative estimate of drug-likeness (QED) is 0.447. The van der Waals surface area contributed by atoms with Gasteiger partial charge in [0, 0.05) is 26.2 Å². The molecule has 0 aromatic rings. The molecule has 0 radical (unpaired) electrons. The third-order valence-electron chi connectivity index (χ3n) is 1.71. The number of nitrogens with one attached hydrogen (secondary N) is 2. The van der Waals surface area contributed by atoms with Gasteiger partial charge in [-0.05, 0) is 6.42 Å². The number of hydrogen-bond acceptors (Lipinski definition) is 4. The molecule has 1 fully saturated rings. The second-order valence-electron chi connectivity index (χ2n) is 2.85. The first kappa shape index (κ1) is 12.3. The number of carboxylic acids is 1. The lowest BCUT2D eigenvalue weighted by molar-refractivity contribution is -0.138. The van der Waals surface area contributed by atoms with E-state index in [0.29, 0.717) is 6.42 Å². The maximum atomic E-state index is 9.81. The molecule has 1 rings (SSSR count). The van der Waals surface area contributed by atoms with Gasteiger partial charge >= 0.3 is 5.97 Å². The van der Waals surface area contributed by atoms with Crippen LogP contribution in [0.15, 0.2) is 0 Å². The van der Waals surface area contributed by atoms with E-state index in [-0.39, 0.29) is 0 Å². The molecule has 5 heteroatoms. The lowest BCUT2D eigenvalue weighted by Crippen LogP contribution is -2.39. The topological polar surface area (TPSA) is 87.4 Å². The van der Waals surface area contributed by atoms with Gasteiger partial charge in [0.15, 0.2) is 0 Å². The van der Waals surface area contributed by atoms with Crippen LogP contribution in [-0.2, 0) is 4.79 Å². The van der Waals surface area contributed by atoms with Gasteiger partial charge in [0.05, 0.1) is 0 Å². The maximum Gasteiger partial charge on any atom is 0.320 e. The molecule has 0 saturated carbocycles. The molecule has 1 aliphatic rings. The van der Waals surface area contributed by atoms with Gasteiger partial charge in [0.25, 0.3) is 0 Å². The van der Waals surface area contributed by atoms with E-state index >= 15 is 0 Å². The second-order valence-corrected chi connectivity index (χ2v) is 2.85. The number of aliphatic carboxylic acids is 1. The molecule has 1 heterocycles. The monoisotopic (exact) mass is 189 g/mol. The highest BCUT2D eigenvalue weighted by atomic mass is 16.4. The lowest BCUT2D eigenvalue weighted by Gasteiger charge is -2.11. The minimum Gasteiger partial charge on any atom is -0.480 e. The molecule has 0 amide bonds. The highest BCUT2D eigenvalue weighted by molar-refractivity contribution is 5.72. The molecule has 0 aromatic carbocycles. The molecule has 5 N–H and O–H groups in total. The summed E-state index contributed by atoms with van der Waals surface area (Å²) in [6, 6.07) is -0.681. The lowest BCUT2D eigenvalue weighted by atomic mass is 10.2. The van der Waals surface area contributed by atoms with Crippen LogP contribution in [-0.4, -0.2) is 43.3 Å². The Kier molecular flexibility index (Phi) is 7.57. The molecule has 78 valence electrons. The van der Waals surface area contributed by atoms with Crippen molar-refractivity contribution in [2.45, 2.75) is 19.4 Å². The van der Waals surface area contributed by atoms with Crippen molar-refractivity contribution in [3.8, 4) is 0 Å². The molecule has 1 atom stereocenters. The molecular weight excluding hydrogens is 170 g/mol. The smallest absolute Gasteiger partial charge is 0.320 e. The Hall–Kier alpha value is -0.650. The van der Waals surface area contributed by atoms with Gasteiger partial charge in [-0.2, -0.15) is 0 Å². The van der Waals surface area contributed by atoms with E-state index in [1.54, 1.807) is 6.92 Å². The number of carboxylic acid groups (broad SMARTS) is 1. The van der Waals surface area contributed by atoms with Crippen LogP contribution in [0.3, 0.4) is 0 Å². The summed E-state index contributed by atoms with van der Waals surface area (Å²) >= 11 is 0. The van der Waals surface area contributed by atoms with Gasteiger partial charge in [0.2, 0.25) is 0 Å². The van der Waals surface area contributed by atoms with E-state index in [1.807, 2.05) is 0 Å². The summed E-state index contributed by atoms with van der Waals surface area (Å²) in [5.41, 5.74) is 5.02. The van der Waals surface area contributed by atoms with Crippen LogP contribution in [0.1, 0.15) is 13.3 Å². The van der Waals surface area contributed by atoms with E-state index < -0.39 is 12.0 Å². The van der Waals surface area contributed by atoms with Crippen molar-refractivity contribution < 1.29 is 9.90 Å². The molecule has 5 nitrogen and oxygen atoms in total. The van der Waals surface area contributed by atoms with Gasteiger partial charge < -0.3 is 21.5 Å². The average molecular weight is 189 g/mol. The van der Waals surface area contributed by atoms with E-state index in [2.05, 4.69) is 10.6 Å². The van der Waals surface area contributed by atoms with Crippen LogP contribution in [0.25, 0.3) is 0 Å². The Labute approximate surface area is 78.7 Å². The fraction of sp³-hybridized carbons (Fsp3) is 0.875. The second kappa shape index (κ2) is 7.97. The van der Waals surface area contributed by atoms with E-state index in [1.165, 1.54) is 0 Å². The van der Waals surface area contributed by atoms with Crippen molar-refractivity contribution in [3.63, 3.8) is 0 Å². The van der Waals surface area contributed by atoms with Crippen molar-refractivity contribution in [2.75, 3.05) is 26.2 Å². The summed E-state index contributed by atoms with van der Waals surface area (Å²) in [6.07, 6.45) is 0.495. The fourth-order valence-electron chi connectivity index (χ4n) is 0.778. The van der Waals surface area contributed by atoms with Crippen LogP contribution >= 0.6 is 0 Å². The normalized spacial score (nSPS) is 18.3. The average Bonchev–Trinajstić information content (AvgIpc) is 2.20. The Morgan fingerprint density at radius 3 is 1.85 bits per heavy atom. The first-order valence-electron chi connectivity index (χ1n) is 4.58. The van der Waals surface area contributed by atoms with Gasteiger partial charge in [-0.3, -0.25) is 4.79 Å². The zero-order valence-electron chi connectivity index (χ0n) is 8.05. The van der Waals surface area contributed by atoms with Crippen molar-refractivity contribution in [2.24, 2.45) is 5.73 Å². The Morgan fingerprint density at radius 2 is 1.77 bits per heavy atom. The summed E-state index contributed by atoms with van der Waals surface area (Å²) < 4.78 is 0. The largest absolute Gasteiger partial charge is 0.480 e. The molecular formula is C8H19N3O2.